The standard InChI is InChI=1S/C21H36BN3O3.CH4O/c1-8-11-17(24-19-23-13-12-18(25-19)26-14-9-2)15-16(10-3)22-27-20(4,5)21(6,7)28-22;1-2/h11,15H,8-10,12-14H2,1-7H3,(H,23,24);2H,1H3/b16-15+,17-11+;. The molecule has 8 heteroatoms. The van der Waals surface area contributed by atoms with Crippen LogP contribution >= 0.6 is 0 Å². The van der Waals surface area contributed by atoms with Crippen molar-refractivity contribution >= 4 is 19.0 Å². The number of hydrogen-bond donors (Lipinski definition) is 2. The van der Waals surface area contributed by atoms with Crippen molar-refractivity contribution in [1.29, 1.82) is 0 Å². The van der Waals surface area contributed by atoms with E-state index >= 15 is 0 Å². The molecule has 0 unspecified atom stereocenters. The van der Waals surface area contributed by atoms with Crippen molar-refractivity contribution in [2.75, 3.05) is 20.3 Å². The third kappa shape index (κ3) is 7.25. The number of aliphatic hydroxyl groups excluding tert-OH is 1. The second-order valence-corrected chi connectivity index (χ2v) is 8.16. The maximum Gasteiger partial charge on any atom is 0.490 e. The molecule has 0 aromatic heterocycles. The molecule has 7 nitrogen and oxygen atoms in total. The highest BCUT2D eigenvalue weighted by molar-refractivity contribution is 6.54. The monoisotopic (exact) mass is 421 g/mol. The molecular formula is C22H40BN3O4. The van der Waals surface area contributed by atoms with Crippen LogP contribution < -0.4 is 5.32 Å². The maximum atomic E-state index is 7.00. The SMILES string of the molecule is CC/C=C(\C=C(/CC)B1OC(C)(C)C(C)(C)O1)NC1=NCCC(OCCC)=N1.CO. The lowest BCUT2D eigenvalue weighted by Crippen LogP contribution is -2.41. The van der Waals surface area contributed by atoms with Gasteiger partial charge in [0.25, 0.3) is 0 Å². The molecule has 170 valence electrons. The molecular weight excluding hydrogens is 381 g/mol. The Bertz CT molecular complexity index is 653. The van der Waals surface area contributed by atoms with Crippen molar-refractivity contribution < 1.29 is 19.2 Å². The lowest BCUT2D eigenvalue weighted by molar-refractivity contribution is 0.00578. The summed E-state index contributed by atoms with van der Waals surface area (Å²) in [6.07, 6.45) is 7.68. The molecule has 1 saturated heterocycles. The van der Waals surface area contributed by atoms with Gasteiger partial charge in [-0.05, 0) is 58.5 Å². The van der Waals surface area contributed by atoms with Crippen LogP contribution in [0, 0.1) is 0 Å². The minimum absolute atomic E-state index is 0.350. The van der Waals surface area contributed by atoms with E-state index in [-0.39, 0.29) is 18.3 Å². The molecule has 0 amide bonds. The number of hydrogen-bond acceptors (Lipinski definition) is 7. The van der Waals surface area contributed by atoms with Crippen molar-refractivity contribution in [1.82, 2.24) is 5.32 Å². The highest BCUT2D eigenvalue weighted by Gasteiger charge is 2.52. The average Bonchev–Trinajstić information content (AvgIpc) is 2.93. The van der Waals surface area contributed by atoms with Crippen LogP contribution in [0.2, 0.25) is 0 Å². The predicted octanol–water partition coefficient (Wildman–Crippen LogP) is 4.03. The predicted molar refractivity (Wildman–Crippen MR) is 125 cm³/mol. The van der Waals surface area contributed by atoms with Gasteiger partial charge in [0.05, 0.1) is 24.4 Å². The largest absolute Gasteiger partial charge is 0.490 e. The molecule has 2 aliphatic heterocycles. The number of aliphatic hydroxyl groups is 1. The second-order valence-electron chi connectivity index (χ2n) is 8.16. The van der Waals surface area contributed by atoms with E-state index in [0.29, 0.717) is 19.1 Å². The summed E-state index contributed by atoms with van der Waals surface area (Å²) in [5.41, 5.74) is 1.34. The summed E-state index contributed by atoms with van der Waals surface area (Å²) in [4.78, 5) is 9.01. The van der Waals surface area contributed by atoms with Crippen LogP contribution in [0.5, 0.6) is 0 Å². The van der Waals surface area contributed by atoms with Gasteiger partial charge in [-0.15, -0.1) is 0 Å². The lowest BCUT2D eigenvalue weighted by atomic mass is 9.76. The van der Waals surface area contributed by atoms with Crippen molar-refractivity contribution in [3.63, 3.8) is 0 Å². The summed E-state index contributed by atoms with van der Waals surface area (Å²) >= 11 is 0. The summed E-state index contributed by atoms with van der Waals surface area (Å²) in [7, 11) is 0.650. The number of allylic oxidation sites excluding steroid dienone is 3. The number of guanidine groups is 1. The molecule has 0 radical (unpaired) electrons. The second kappa shape index (κ2) is 12.3. The van der Waals surface area contributed by atoms with Gasteiger partial charge in [0.2, 0.25) is 5.96 Å². The molecule has 2 heterocycles. The van der Waals surface area contributed by atoms with E-state index < -0.39 is 0 Å². The zero-order valence-corrected chi connectivity index (χ0v) is 20.0. The van der Waals surface area contributed by atoms with Gasteiger partial charge in [0.1, 0.15) is 0 Å². The van der Waals surface area contributed by atoms with Crippen LogP contribution in [0.4, 0.5) is 0 Å². The van der Waals surface area contributed by atoms with E-state index in [0.717, 1.165) is 49.9 Å². The quantitative estimate of drug-likeness (QED) is 0.479. The van der Waals surface area contributed by atoms with Gasteiger partial charge in [-0.2, -0.15) is 4.99 Å². The molecule has 30 heavy (non-hydrogen) atoms. The van der Waals surface area contributed by atoms with Crippen LogP contribution in [-0.4, -0.2) is 55.5 Å². The Hall–Kier alpha value is -1.64. The van der Waals surface area contributed by atoms with Crippen LogP contribution in [0.25, 0.3) is 0 Å². The van der Waals surface area contributed by atoms with Gasteiger partial charge in [-0.3, -0.25) is 4.99 Å². The minimum Gasteiger partial charge on any atom is -0.481 e. The molecule has 0 atom stereocenters. The van der Waals surface area contributed by atoms with Crippen molar-refractivity contribution in [3.8, 4) is 0 Å². The van der Waals surface area contributed by atoms with Crippen LogP contribution in [0.3, 0.4) is 0 Å². The van der Waals surface area contributed by atoms with Crippen molar-refractivity contribution in [2.45, 2.75) is 85.4 Å². The third-order valence-corrected chi connectivity index (χ3v) is 5.28. The minimum atomic E-state index is -0.350. The Morgan fingerprint density at radius 2 is 1.80 bits per heavy atom. The molecule has 0 aromatic carbocycles. The van der Waals surface area contributed by atoms with Gasteiger partial charge in [0, 0.05) is 19.2 Å². The molecule has 0 saturated carbocycles. The number of aliphatic imine (C=N–C) groups is 2. The third-order valence-electron chi connectivity index (χ3n) is 5.28. The van der Waals surface area contributed by atoms with Gasteiger partial charge in [0.15, 0.2) is 5.90 Å². The number of rotatable bonds is 7. The first-order valence-electron chi connectivity index (χ1n) is 10.9. The van der Waals surface area contributed by atoms with Gasteiger partial charge >= 0.3 is 7.12 Å². The van der Waals surface area contributed by atoms with E-state index in [1.165, 1.54) is 0 Å². The Balaban J connectivity index is 0.00000218. The van der Waals surface area contributed by atoms with Gasteiger partial charge < -0.3 is 24.5 Å². The molecule has 1 fully saturated rings. The highest BCUT2D eigenvalue weighted by Crippen LogP contribution is 2.39. The van der Waals surface area contributed by atoms with Crippen LogP contribution in [-0.2, 0) is 14.0 Å². The number of ether oxygens (including phenoxy) is 1. The smallest absolute Gasteiger partial charge is 0.481 e. The molecule has 2 aliphatic rings. The zero-order valence-electron chi connectivity index (χ0n) is 20.0. The van der Waals surface area contributed by atoms with E-state index in [9.17, 15) is 0 Å². The van der Waals surface area contributed by atoms with Crippen LogP contribution in [0.1, 0.15) is 74.1 Å². The Labute approximate surface area is 182 Å². The first-order valence-corrected chi connectivity index (χ1v) is 10.9. The molecule has 0 aliphatic carbocycles. The number of nitrogens with zero attached hydrogens (tertiary/aromatic N) is 2. The Kier molecular flexibility index (Phi) is 10.8. The molecule has 0 aromatic rings. The number of nitrogens with one attached hydrogen (secondary N) is 1. The Morgan fingerprint density at radius 3 is 2.33 bits per heavy atom. The van der Waals surface area contributed by atoms with Gasteiger partial charge in [-0.1, -0.05) is 26.8 Å². The molecule has 2 N–H and O–H groups in total. The zero-order chi connectivity index (χ0) is 22.8. The van der Waals surface area contributed by atoms with E-state index in [2.05, 4.69) is 75.9 Å². The van der Waals surface area contributed by atoms with E-state index in [1.807, 2.05) is 0 Å². The van der Waals surface area contributed by atoms with Crippen LogP contribution in [0.15, 0.2) is 33.3 Å². The van der Waals surface area contributed by atoms with Crippen molar-refractivity contribution in [3.05, 3.63) is 23.3 Å². The highest BCUT2D eigenvalue weighted by atomic mass is 16.7. The fourth-order valence-corrected chi connectivity index (χ4v) is 2.88. The van der Waals surface area contributed by atoms with E-state index in [4.69, 9.17) is 19.2 Å². The summed E-state index contributed by atoms with van der Waals surface area (Å²) in [5, 5.41) is 10.3. The summed E-state index contributed by atoms with van der Waals surface area (Å²) in [5.74, 6) is 1.35. The van der Waals surface area contributed by atoms with E-state index in [1.54, 1.807) is 0 Å². The lowest BCUT2D eigenvalue weighted by Gasteiger charge is -2.32. The fourth-order valence-electron chi connectivity index (χ4n) is 2.88. The molecule has 0 bridgehead atoms. The summed E-state index contributed by atoms with van der Waals surface area (Å²) < 4.78 is 18.1. The van der Waals surface area contributed by atoms with Gasteiger partial charge in [-0.25, -0.2) is 0 Å². The first kappa shape index (κ1) is 26.4. The topological polar surface area (TPSA) is 84.7 Å². The first-order chi connectivity index (χ1) is 14.2. The van der Waals surface area contributed by atoms with Crippen molar-refractivity contribution in [2.24, 2.45) is 9.98 Å². The Morgan fingerprint density at radius 1 is 1.17 bits per heavy atom. The average molecular weight is 421 g/mol. The maximum absolute atomic E-state index is 7.00. The molecule has 2 rings (SSSR count). The summed E-state index contributed by atoms with van der Waals surface area (Å²) in [6, 6.07) is 0. The normalized spacial score (nSPS) is 20.8. The summed E-state index contributed by atoms with van der Waals surface area (Å²) in [6.45, 7) is 16.0. The molecule has 0 spiro atoms. The fraction of sp³-hybridized carbons (Fsp3) is 0.727.